The van der Waals surface area contributed by atoms with Gasteiger partial charge >= 0.3 is 5.97 Å². The van der Waals surface area contributed by atoms with Crippen LogP contribution in [0.3, 0.4) is 0 Å². The fraction of sp³-hybridized carbons (Fsp3) is 0. The third kappa shape index (κ3) is 1.33. The number of amidine groups is 1. The van der Waals surface area contributed by atoms with Crippen LogP contribution in [0.5, 0.6) is 0 Å². The molecule has 0 unspecified atom stereocenters. The summed E-state index contributed by atoms with van der Waals surface area (Å²) in [4.78, 5) is 9.74. The summed E-state index contributed by atoms with van der Waals surface area (Å²) in [5, 5.41) is 13.1. The summed E-state index contributed by atoms with van der Waals surface area (Å²) >= 11 is 0. The highest BCUT2D eigenvalue weighted by atomic mass is 16.4. The first kappa shape index (κ1) is 6.54. The Balaban J connectivity index is 4.13. The van der Waals surface area contributed by atoms with Gasteiger partial charge in [0.15, 0.2) is 0 Å². The Morgan fingerprint density at radius 3 is 2.25 bits per heavy atom. The van der Waals surface area contributed by atoms with Gasteiger partial charge in [0.05, 0.1) is 0 Å². The Bertz CT molecular complexity index is 139. The fourth-order valence-corrected chi connectivity index (χ4v) is 0.132. The number of hydrogen-bond acceptors (Lipinski definition) is 4. The molecule has 4 N–H and O–H groups in total. The van der Waals surface area contributed by atoms with Gasteiger partial charge in [-0.05, 0) is 0 Å². The number of aliphatic carboxylic acids is 1. The zero-order valence-electron chi connectivity index (χ0n) is 3.83. The molecule has 0 aromatic carbocycles. The molecule has 0 bridgehead atoms. The molecule has 0 radical (unpaired) electrons. The third-order valence-electron chi connectivity index (χ3n) is 0.419. The number of nitrogens with one attached hydrogen (secondary N) is 1. The molecule has 0 aliphatic heterocycles. The van der Waals surface area contributed by atoms with Crippen LogP contribution in [-0.2, 0) is 4.79 Å². The molecule has 0 aromatic heterocycles. The first-order valence-corrected chi connectivity index (χ1v) is 1.61. The normalized spacial score (nSPS) is 10.8. The molecule has 0 saturated carbocycles. The maximum atomic E-state index is 9.74. The highest BCUT2D eigenvalue weighted by molar-refractivity contribution is 6.34. The highest BCUT2D eigenvalue weighted by Crippen LogP contribution is 1.74. The summed E-state index contributed by atoms with van der Waals surface area (Å²) in [7, 11) is 0. The van der Waals surface area contributed by atoms with E-state index >= 15 is 0 Å². The summed E-state index contributed by atoms with van der Waals surface area (Å²) < 4.78 is 0. The molecular formula is C2H4N4O2. The number of hydrazone groups is 1. The largest absolute Gasteiger partial charge is 0.475 e. The predicted octanol–water partition coefficient (Wildman–Crippen LogP) is -0.626. The van der Waals surface area contributed by atoms with E-state index in [4.69, 9.17) is 10.6 Å². The van der Waals surface area contributed by atoms with E-state index in [1.165, 1.54) is 0 Å². The predicted molar refractivity (Wildman–Crippen MR) is 24.4 cm³/mol. The van der Waals surface area contributed by atoms with Crippen molar-refractivity contribution in [3.63, 3.8) is 0 Å². The first-order valence-electron chi connectivity index (χ1n) is 1.61. The van der Waals surface area contributed by atoms with Crippen molar-refractivity contribution in [3.8, 4) is 0 Å². The highest BCUT2D eigenvalue weighted by Gasteiger charge is 2.04. The zero-order valence-corrected chi connectivity index (χ0v) is 3.83. The molecule has 0 amide bonds. The Kier molecular flexibility index (Phi) is 2.18. The van der Waals surface area contributed by atoms with Crippen LogP contribution in [0.1, 0.15) is 0 Å². The summed E-state index contributed by atoms with van der Waals surface area (Å²) in [5.41, 5.74) is 6.12. The van der Waals surface area contributed by atoms with E-state index in [9.17, 15) is 4.79 Å². The van der Waals surface area contributed by atoms with Crippen LogP contribution in [0, 0.1) is 5.53 Å². The molecule has 0 saturated heterocycles. The minimum absolute atomic E-state index is 0.704. The van der Waals surface area contributed by atoms with Gasteiger partial charge in [-0.2, -0.15) is 5.10 Å². The van der Waals surface area contributed by atoms with E-state index in [-0.39, 0.29) is 0 Å². The Labute approximate surface area is 44.5 Å². The van der Waals surface area contributed by atoms with Gasteiger partial charge in [-0.1, -0.05) is 0 Å². The lowest BCUT2D eigenvalue weighted by Crippen LogP contribution is -2.11. The van der Waals surface area contributed by atoms with Crippen molar-refractivity contribution in [2.45, 2.75) is 0 Å². The average Bonchev–Trinajstić information content (AvgIpc) is 1.69. The van der Waals surface area contributed by atoms with Crippen molar-refractivity contribution in [3.05, 3.63) is 0 Å². The second kappa shape index (κ2) is 2.67. The van der Waals surface area contributed by atoms with Crippen molar-refractivity contribution >= 4 is 11.8 Å². The van der Waals surface area contributed by atoms with Gasteiger partial charge in [-0.25, -0.2) is 10.3 Å². The number of carboxylic acid groups (broad SMARTS) is 1. The molecule has 44 valence electrons. The smallest absolute Gasteiger partial charge is 0.377 e. The maximum Gasteiger partial charge on any atom is 0.377 e. The quantitative estimate of drug-likeness (QED) is 0.129. The van der Waals surface area contributed by atoms with Crippen LogP contribution in [0.25, 0.3) is 0 Å². The lowest BCUT2D eigenvalue weighted by molar-refractivity contribution is -0.129. The molecule has 0 heterocycles. The average molecular weight is 116 g/mol. The van der Waals surface area contributed by atoms with Gasteiger partial charge in [-0.3, -0.25) is 0 Å². The van der Waals surface area contributed by atoms with Crippen molar-refractivity contribution in [1.29, 1.82) is 5.53 Å². The molecule has 0 spiro atoms. The van der Waals surface area contributed by atoms with Crippen LogP contribution in [-0.4, -0.2) is 16.9 Å². The SMILES string of the molecule is N=NC(=NN)C(=O)O. The first-order chi connectivity index (χ1) is 3.72. The third-order valence-corrected chi connectivity index (χ3v) is 0.419. The lowest BCUT2D eigenvalue weighted by atomic mass is 10.6. The molecule has 6 heteroatoms. The van der Waals surface area contributed by atoms with Gasteiger partial charge in [-0.15, -0.1) is 5.11 Å². The summed E-state index contributed by atoms with van der Waals surface area (Å²) in [6.07, 6.45) is 0. The molecule has 8 heavy (non-hydrogen) atoms. The van der Waals surface area contributed by atoms with E-state index in [0.717, 1.165) is 0 Å². The van der Waals surface area contributed by atoms with Gasteiger partial charge in [0.2, 0.25) is 0 Å². The monoisotopic (exact) mass is 116 g/mol. The molecule has 0 aromatic rings. The minimum Gasteiger partial charge on any atom is -0.475 e. The van der Waals surface area contributed by atoms with Crippen LogP contribution in [0.4, 0.5) is 0 Å². The van der Waals surface area contributed by atoms with Crippen molar-refractivity contribution in [2.24, 2.45) is 16.1 Å². The molecule has 0 aliphatic carbocycles. The molecule has 0 fully saturated rings. The van der Waals surface area contributed by atoms with Gasteiger partial charge < -0.3 is 10.9 Å². The number of rotatable bonds is 0. The van der Waals surface area contributed by atoms with E-state index in [1.54, 1.807) is 0 Å². The van der Waals surface area contributed by atoms with E-state index in [0.29, 0.717) is 0 Å². The number of carboxylic acids is 1. The van der Waals surface area contributed by atoms with Crippen molar-refractivity contribution in [2.75, 3.05) is 0 Å². The summed E-state index contributed by atoms with van der Waals surface area (Å²) in [6.45, 7) is 0. The lowest BCUT2D eigenvalue weighted by Gasteiger charge is -1.82. The molecule has 0 aliphatic rings. The second-order valence-electron chi connectivity index (χ2n) is 0.870. The van der Waals surface area contributed by atoms with E-state index < -0.39 is 11.8 Å². The number of carbonyl (C=O) groups is 1. The van der Waals surface area contributed by atoms with Crippen molar-refractivity contribution in [1.82, 2.24) is 0 Å². The standard InChI is InChI=1S/C2H4N4O2/c3-5-1(6-4)2(7)8/h3H,4H2,(H,7,8). The molecule has 6 nitrogen and oxygen atoms in total. The molecular weight excluding hydrogens is 112 g/mol. The summed E-state index contributed by atoms with van der Waals surface area (Å²) in [6, 6.07) is 0. The fourth-order valence-electron chi connectivity index (χ4n) is 0.132. The number of nitrogens with two attached hydrogens (primary N) is 1. The Hall–Kier alpha value is -1.46. The molecule has 0 rings (SSSR count). The van der Waals surface area contributed by atoms with E-state index in [1.807, 2.05) is 0 Å². The van der Waals surface area contributed by atoms with Crippen molar-refractivity contribution < 1.29 is 9.90 Å². The Morgan fingerprint density at radius 2 is 2.25 bits per heavy atom. The van der Waals surface area contributed by atoms with Crippen LogP contribution >= 0.6 is 0 Å². The van der Waals surface area contributed by atoms with E-state index in [2.05, 4.69) is 16.1 Å². The van der Waals surface area contributed by atoms with Gasteiger partial charge in [0, 0.05) is 0 Å². The minimum atomic E-state index is -1.40. The van der Waals surface area contributed by atoms with Gasteiger partial charge in [0.25, 0.3) is 5.84 Å². The zero-order chi connectivity index (χ0) is 6.57. The second-order valence-corrected chi connectivity index (χ2v) is 0.870. The number of hydrogen-bond donors (Lipinski definition) is 3. The summed E-state index contributed by atoms with van der Waals surface area (Å²) in [5.74, 6) is 2.37. The van der Waals surface area contributed by atoms with Crippen LogP contribution in [0.15, 0.2) is 10.2 Å². The maximum absolute atomic E-state index is 9.74. The molecule has 0 atom stereocenters. The Morgan fingerprint density at radius 1 is 1.75 bits per heavy atom. The topological polar surface area (TPSA) is 112 Å². The van der Waals surface area contributed by atoms with Gasteiger partial charge in [0.1, 0.15) is 0 Å². The van der Waals surface area contributed by atoms with Crippen LogP contribution in [0.2, 0.25) is 0 Å². The number of nitrogens with zero attached hydrogens (tertiary/aromatic N) is 2. The van der Waals surface area contributed by atoms with Crippen LogP contribution < -0.4 is 5.84 Å².